The number of hydrogen-bond donors (Lipinski definition) is 1. The van der Waals surface area contributed by atoms with Crippen LogP contribution in [0, 0.1) is 13.8 Å². The van der Waals surface area contributed by atoms with Crippen molar-refractivity contribution in [1.29, 1.82) is 0 Å². The molecule has 1 fully saturated rings. The second kappa shape index (κ2) is 9.10. The number of fused-ring (bicyclic) bond motifs is 1. The summed E-state index contributed by atoms with van der Waals surface area (Å²) >= 11 is 1.54. The van der Waals surface area contributed by atoms with Crippen LogP contribution in [0.15, 0.2) is 42.5 Å². The SMILES string of the molecule is Cc1cccc(-c2sc(C)nc2C(=O)N2CCC2CNC(=O)c2cccc3c2N(C)CCO3)c1. The maximum absolute atomic E-state index is 13.4. The highest BCUT2D eigenvalue weighted by Crippen LogP contribution is 2.35. The number of carbonyl (C=O) groups is 2. The van der Waals surface area contributed by atoms with Crippen LogP contribution in [-0.4, -0.2) is 61.0 Å². The lowest BCUT2D eigenvalue weighted by Crippen LogP contribution is -2.56. The van der Waals surface area contributed by atoms with Crippen LogP contribution in [0.2, 0.25) is 0 Å². The molecule has 176 valence electrons. The number of carbonyl (C=O) groups excluding carboxylic acids is 2. The fourth-order valence-electron chi connectivity index (χ4n) is 4.54. The Morgan fingerprint density at radius 3 is 2.76 bits per heavy atom. The molecule has 0 saturated carbocycles. The van der Waals surface area contributed by atoms with Crippen LogP contribution in [0.3, 0.4) is 0 Å². The summed E-state index contributed by atoms with van der Waals surface area (Å²) in [4.78, 5) is 35.8. The van der Waals surface area contributed by atoms with Crippen LogP contribution in [0.1, 0.15) is 37.8 Å². The Morgan fingerprint density at radius 1 is 1.18 bits per heavy atom. The van der Waals surface area contributed by atoms with Crippen LogP contribution >= 0.6 is 11.3 Å². The molecule has 1 N–H and O–H groups in total. The van der Waals surface area contributed by atoms with Crippen LogP contribution in [0.4, 0.5) is 5.69 Å². The van der Waals surface area contributed by atoms with E-state index in [-0.39, 0.29) is 17.9 Å². The first kappa shape index (κ1) is 22.4. The topological polar surface area (TPSA) is 74.8 Å². The molecule has 2 aromatic carbocycles. The second-order valence-electron chi connectivity index (χ2n) is 8.85. The monoisotopic (exact) mass is 476 g/mol. The lowest BCUT2D eigenvalue weighted by molar-refractivity contribution is 0.0451. The standard InChI is InChI=1S/C26H28N4O3S/c1-16-6-4-7-18(14-16)24-22(28-17(2)34-24)26(32)30-11-10-19(30)15-27-25(31)20-8-5-9-21-23(20)29(3)12-13-33-21/h4-9,14,19H,10-13,15H2,1-3H3,(H,27,31). The quantitative estimate of drug-likeness (QED) is 0.605. The van der Waals surface area contributed by atoms with Gasteiger partial charge in [-0.2, -0.15) is 0 Å². The minimum absolute atomic E-state index is 0.0441. The number of aryl methyl sites for hydroxylation is 2. The molecule has 2 amide bonds. The van der Waals surface area contributed by atoms with E-state index in [1.807, 2.05) is 67.1 Å². The second-order valence-corrected chi connectivity index (χ2v) is 10.1. The van der Waals surface area contributed by atoms with Crippen LogP contribution in [0.5, 0.6) is 5.75 Å². The third-order valence-electron chi connectivity index (χ3n) is 6.43. The van der Waals surface area contributed by atoms with Crippen molar-refractivity contribution in [3.05, 3.63) is 64.3 Å². The van der Waals surface area contributed by atoms with Crippen molar-refractivity contribution in [3.8, 4) is 16.2 Å². The highest BCUT2D eigenvalue weighted by Gasteiger charge is 2.35. The minimum Gasteiger partial charge on any atom is -0.490 e. The zero-order valence-corrected chi connectivity index (χ0v) is 20.4. The van der Waals surface area contributed by atoms with E-state index in [9.17, 15) is 9.59 Å². The molecule has 0 bridgehead atoms. The van der Waals surface area contributed by atoms with E-state index in [1.165, 1.54) is 0 Å². The number of likely N-dealkylation sites (N-methyl/N-ethyl adjacent to an activating group) is 1. The molecule has 0 radical (unpaired) electrons. The van der Waals surface area contributed by atoms with Crippen LogP contribution < -0.4 is 15.0 Å². The maximum Gasteiger partial charge on any atom is 0.274 e. The first-order valence-corrected chi connectivity index (χ1v) is 12.3. The Morgan fingerprint density at radius 2 is 2.00 bits per heavy atom. The Bertz CT molecular complexity index is 1250. The highest BCUT2D eigenvalue weighted by atomic mass is 32.1. The summed E-state index contributed by atoms with van der Waals surface area (Å²) in [5.41, 5.74) is 4.06. The molecule has 1 aromatic heterocycles. The molecule has 8 heteroatoms. The van der Waals surface area contributed by atoms with Gasteiger partial charge in [-0.05, 0) is 38.0 Å². The van der Waals surface area contributed by atoms with E-state index >= 15 is 0 Å². The number of likely N-dealkylation sites (tertiary alicyclic amines) is 1. The van der Waals surface area contributed by atoms with Crippen molar-refractivity contribution < 1.29 is 14.3 Å². The molecular weight excluding hydrogens is 448 g/mol. The number of nitrogens with zero attached hydrogens (tertiary/aromatic N) is 3. The largest absolute Gasteiger partial charge is 0.490 e. The van der Waals surface area contributed by atoms with Gasteiger partial charge in [0.1, 0.15) is 18.1 Å². The van der Waals surface area contributed by atoms with Gasteiger partial charge in [0.2, 0.25) is 0 Å². The van der Waals surface area contributed by atoms with E-state index in [4.69, 9.17) is 4.74 Å². The van der Waals surface area contributed by atoms with Gasteiger partial charge >= 0.3 is 0 Å². The van der Waals surface area contributed by atoms with E-state index in [0.29, 0.717) is 31.0 Å². The number of para-hydroxylation sites is 1. The van der Waals surface area contributed by atoms with Crippen molar-refractivity contribution in [3.63, 3.8) is 0 Å². The van der Waals surface area contributed by atoms with Crippen molar-refractivity contribution in [1.82, 2.24) is 15.2 Å². The fourth-order valence-corrected chi connectivity index (χ4v) is 5.44. The molecule has 3 heterocycles. The van der Waals surface area contributed by atoms with E-state index in [2.05, 4.69) is 16.4 Å². The van der Waals surface area contributed by atoms with Gasteiger partial charge < -0.3 is 19.9 Å². The number of aromatic nitrogens is 1. The normalized spacial score (nSPS) is 17.0. The van der Waals surface area contributed by atoms with Gasteiger partial charge in [-0.1, -0.05) is 35.9 Å². The van der Waals surface area contributed by atoms with Gasteiger partial charge in [0, 0.05) is 20.1 Å². The molecule has 0 spiro atoms. The smallest absolute Gasteiger partial charge is 0.274 e. The average molecular weight is 477 g/mol. The summed E-state index contributed by atoms with van der Waals surface area (Å²) in [7, 11) is 1.96. The summed E-state index contributed by atoms with van der Waals surface area (Å²) < 4.78 is 5.72. The summed E-state index contributed by atoms with van der Waals surface area (Å²) in [5.74, 6) is 0.499. The molecule has 34 heavy (non-hydrogen) atoms. The lowest BCUT2D eigenvalue weighted by Gasteiger charge is -2.41. The van der Waals surface area contributed by atoms with Gasteiger partial charge in [-0.3, -0.25) is 9.59 Å². The summed E-state index contributed by atoms with van der Waals surface area (Å²) in [5, 5.41) is 3.90. The van der Waals surface area contributed by atoms with E-state index in [0.717, 1.165) is 45.4 Å². The molecule has 2 aliphatic rings. The lowest BCUT2D eigenvalue weighted by atomic mass is 10.0. The summed E-state index contributed by atoms with van der Waals surface area (Å²) in [6.45, 7) is 6.38. The highest BCUT2D eigenvalue weighted by molar-refractivity contribution is 7.15. The number of amides is 2. The zero-order valence-electron chi connectivity index (χ0n) is 19.6. The average Bonchev–Trinajstić information content (AvgIpc) is 3.20. The Hall–Kier alpha value is -3.39. The van der Waals surface area contributed by atoms with Gasteiger partial charge in [-0.15, -0.1) is 11.3 Å². The zero-order chi connectivity index (χ0) is 23.8. The number of benzene rings is 2. The van der Waals surface area contributed by atoms with Crippen molar-refractivity contribution in [2.75, 3.05) is 38.2 Å². The molecule has 7 nitrogen and oxygen atoms in total. The molecule has 5 rings (SSSR count). The first-order chi connectivity index (χ1) is 16.4. The fraction of sp³-hybridized carbons (Fsp3) is 0.346. The Kier molecular flexibility index (Phi) is 6.00. The number of ether oxygens (including phenoxy) is 1. The first-order valence-electron chi connectivity index (χ1n) is 11.5. The van der Waals surface area contributed by atoms with E-state index < -0.39 is 0 Å². The Balaban J connectivity index is 1.29. The van der Waals surface area contributed by atoms with Crippen molar-refractivity contribution in [2.24, 2.45) is 0 Å². The predicted octanol–water partition coefficient (Wildman–Crippen LogP) is 3.90. The molecule has 1 unspecified atom stereocenters. The number of thiazole rings is 1. The van der Waals surface area contributed by atoms with Crippen LogP contribution in [0.25, 0.3) is 10.4 Å². The minimum atomic E-state index is -0.154. The predicted molar refractivity (Wildman–Crippen MR) is 134 cm³/mol. The van der Waals surface area contributed by atoms with Gasteiger partial charge in [0.05, 0.1) is 33.7 Å². The third kappa shape index (κ3) is 4.14. The van der Waals surface area contributed by atoms with Crippen LogP contribution in [-0.2, 0) is 0 Å². The van der Waals surface area contributed by atoms with Gasteiger partial charge in [0.25, 0.3) is 11.8 Å². The third-order valence-corrected chi connectivity index (χ3v) is 7.45. The number of anilines is 1. The Labute approximate surface area is 203 Å². The maximum atomic E-state index is 13.4. The van der Waals surface area contributed by atoms with E-state index in [1.54, 1.807) is 11.3 Å². The molecule has 3 aromatic rings. The molecule has 1 atom stereocenters. The summed E-state index contributed by atoms with van der Waals surface area (Å²) in [6.07, 6.45) is 0.852. The van der Waals surface area contributed by atoms with Gasteiger partial charge in [0.15, 0.2) is 0 Å². The molecule has 0 aliphatic carbocycles. The van der Waals surface area contributed by atoms with Gasteiger partial charge in [-0.25, -0.2) is 4.98 Å². The molecular formula is C26H28N4O3S. The number of rotatable bonds is 5. The number of nitrogens with one attached hydrogen (secondary N) is 1. The van der Waals surface area contributed by atoms with Crippen molar-refractivity contribution in [2.45, 2.75) is 26.3 Å². The van der Waals surface area contributed by atoms with Crippen molar-refractivity contribution >= 4 is 28.8 Å². The molecule has 1 saturated heterocycles. The number of hydrogen-bond acceptors (Lipinski definition) is 6. The molecule has 2 aliphatic heterocycles. The summed E-state index contributed by atoms with van der Waals surface area (Å²) in [6, 6.07) is 13.6.